The summed E-state index contributed by atoms with van der Waals surface area (Å²) in [4.78, 5) is 25.6. The number of carbonyl (C=O) groups is 1. The van der Waals surface area contributed by atoms with E-state index < -0.39 is 23.1 Å². The van der Waals surface area contributed by atoms with Gasteiger partial charge in [-0.25, -0.2) is 18.7 Å². The van der Waals surface area contributed by atoms with Crippen LogP contribution in [0.25, 0.3) is 16.9 Å². The van der Waals surface area contributed by atoms with Gasteiger partial charge in [-0.1, -0.05) is 12.1 Å². The summed E-state index contributed by atoms with van der Waals surface area (Å²) in [6.07, 6.45) is 9.14. The summed E-state index contributed by atoms with van der Waals surface area (Å²) in [6, 6.07) is 9.45. The molecule has 0 aliphatic heterocycles. The number of hydrogen-bond acceptors (Lipinski definition) is 4. The van der Waals surface area contributed by atoms with Crippen molar-refractivity contribution in [1.29, 1.82) is 0 Å². The minimum atomic E-state index is -0.929. The van der Waals surface area contributed by atoms with Crippen molar-refractivity contribution in [1.82, 2.24) is 19.5 Å². The molecular weight excluding hydrogens is 400 g/mol. The molecule has 1 aliphatic carbocycles. The minimum Gasteiger partial charge on any atom is -0.306 e. The molecule has 0 saturated heterocycles. The number of imidazole rings is 1. The Labute approximate surface area is 176 Å². The first-order valence-electron chi connectivity index (χ1n) is 9.83. The highest BCUT2D eigenvalue weighted by Crippen LogP contribution is 2.32. The Morgan fingerprint density at radius 3 is 2.71 bits per heavy atom. The highest BCUT2D eigenvalue weighted by atomic mass is 19.1. The number of aryl methyl sites for hydroxylation is 2. The number of anilines is 1. The van der Waals surface area contributed by atoms with E-state index in [1.165, 1.54) is 17.8 Å². The first kappa shape index (κ1) is 19.0. The van der Waals surface area contributed by atoms with Gasteiger partial charge in [0.15, 0.2) is 5.82 Å². The Hall–Kier alpha value is -3.94. The number of hydrogen-bond donors (Lipinski definition) is 1. The predicted molar refractivity (Wildman–Crippen MR) is 111 cm³/mol. The van der Waals surface area contributed by atoms with Gasteiger partial charge in [-0.3, -0.25) is 9.78 Å². The fourth-order valence-electron chi connectivity index (χ4n) is 3.80. The van der Waals surface area contributed by atoms with E-state index in [1.807, 2.05) is 22.9 Å². The van der Waals surface area contributed by atoms with Gasteiger partial charge >= 0.3 is 0 Å². The number of rotatable bonds is 3. The third kappa shape index (κ3) is 3.56. The number of benzene rings is 2. The minimum absolute atomic E-state index is 0.153. The standard InChI is InChI=1S/C23H17F2N5O/c24-17-4-2-5-18(25)21(17)23(31)29-20-12-27-22-16-11-15(30-10-9-26-13-30)8-7-14(16)3-1-6-19(22)28-20/h2,4-5,7-13H,1,3,6H2,(H,28,29,31). The van der Waals surface area contributed by atoms with E-state index in [2.05, 4.69) is 26.3 Å². The fraction of sp³-hybridized carbons (Fsp3) is 0.130. The first-order valence-corrected chi connectivity index (χ1v) is 9.83. The van der Waals surface area contributed by atoms with E-state index in [1.54, 1.807) is 12.5 Å². The molecule has 154 valence electrons. The number of carbonyl (C=O) groups excluding carboxylic acids is 1. The van der Waals surface area contributed by atoms with Crippen molar-refractivity contribution in [2.45, 2.75) is 19.3 Å². The number of fused-ring (bicyclic) bond motifs is 3. The van der Waals surface area contributed by atoms with Gasteiger partial charge in [0.2, 0.25) is 0 Å². The summed E-state index contributed by atoms with van der Waals surface area (Å²) in [5.74, 6) is -2.61. The molecule has 0 saturated carbocycles. The lowest BCUT2D eigenvalue weighted by Gasteiger charge is -2.12. The second-order valence-electron chi connectivity index (χ2n) is 7.27. The first-order chi connectivity index (χ1) is 15.1. The molecule has 0 fully saturated rings. The maximum Gasteiger partial charge on any atom is 0.262 e. The smallest absolute Gasteiger partial charge is 0.262 e. The summed E-state index contributed by atoms with van der Waals surface area (Å²) >= 11 is 0. The second-order valence-corrected chi connectivity index (χ2v) is 7.27. The lowest BCUT2D eigenvalue weighted by molar-refractivity contribution is 0.101. The predicted octanol–water partition coefficient (Wildman–Crippen LogP) is 4.35. The van der Waals surface area contributed by atoms with Gasteiger partial charge in [-0.2, -0.15) is 0 Å². The Morgan fingerprint density at radius 2 is 1.94 bits per heavy atom. The molecule has 0 bridgehead atoms. The molecule has 2 aromatic heterocycles. The van der Waals surface area contributed by atoms with Crippen LogP contribution in [0.2, 0.25) is 0 Å². The Bertz CT molecular complexity index is 1270. The van der Waals surface area contributed by atoms with Gasteiger partial charge in [0.1, 0.15) is 17.2 Å². The highest BCUT2D eigenvalue weighted by molar-refractivity contribution is 6.04. The van der Waals surface area contributed by atoms with Crippen LogP contribution in [-0.2, 0) is 12.8 Å². The van der Waals surface area contributed by atoms with E-state index in [4.69, 9.17) is 0 Å². The van der Waals surface area contributed by atoms with E-state index in [0.29, 0.717) is 6.42 Å². The summed E-state index contributed by atoms with van der Waals surface area (Å²) in [5.41, 5.74) is 3.93. The van der Waals surface area contributed by atoms with E-state index >= 15 is 0 Å². The molecule has 4 aromatic rings. The van der Waals surface area contributed by atoms with Crippen LogP contribution in [0.3, 0.4) is 0 Å². The van der Waals surface area contributed by atoms with Gasteiger partial charge in [0, 0.05) is 23.6 Å². The largest absolute Gasteiger partial charge is 0.306 e. The van der Waals surface area contributed by atoms with Crippen LogP contribution in [0, 0.1) is 11.6 Å². The third-order valence-corrected chi connectivity index (χ3v) is 5.29. The molecule has 1 aliphatic rings. The molecule has 0 spiro atoms. The lowest BCUT2D eigenvalue weighted by atomic mass is 10.0. The van der Waals surface area contributed by atoms with Crippen molar-refractivity contribution in [2.75, 3.05) is 5.32 Å². The molecule has 1 amide bonds. The maximum atomic E-state index is 13.9. The van der Waals surface area contributed by atoms with Crippen molar-refractivity contribution >= 4 is 11.7 Å². The SMILES string of the molecule is O=C(Nc1cnc2c(n1)CCCc1ccc(-n3ccnc3)cc1-2)c1c(F)cccc1F. The van der Waals surface area contributed by atoms with Crippen LogP contribution in [0.5, 0.6) is 0 Å². The number of nitrogens with one attached hydrogen (secondary N) is 1. The number of nitrogens with zero attached hydrogens (tertiary/aromatic N) is 4. The van der Waals surface area contributed by atoms with Crippen LogP contribution in [0.4, 0.5) is 14.6 Å². The summed E-state index contributed by atoms with van der Waals surface area (Å²) < 4.78 is 29.7. The van der Waals surface area contributed by atoms with Crippen molar-refractivity contribution in [2.24, 2.45) is 0 Å². The maximum absolute atomic E-state index is 13.9. The van der Waals surface area contributed by atoms with Gasteiger partial charge in [0.05, 0.1) is 23.9 Å². The molecule has 31 heavy (non-hydrogen) atoms. The molecule has 2 aromatic carbocycles. The summed E-state index contributed by atoms with van der Waals surface area (Å²) in [7, 11) is 0. The molecular formula is C23H17F2N5O. The Balaban J connectivity index is 1.50. The Morgan fingerprint density at radius 1 is 1.10 bits per heavy atom. The van der Waals surface area contributed by atoms with Gasteiger partial charge in [-0.05, 0) is 49.1 Å². The van der Waals surface area contributed by atoms with E-state index in [9.17, 15) is 13.6 Å². The van der Waals surface area contributed by atoms with E-state index in [-0.39, 0.29) is 5.82 Å². The molecule has 0 atom stereocenters. The normalized spacial score (nSPS) is 12.6. The molecule has 1 N–H and O–H groups in total. The summed E-state index contributed by atoms with van der Waals surface area (Å²) in [6.45, 7) is 0. The summed E-state index contributed by atoms with van der Waals surface area (Å²) in [5, 5.41) is 2.46. The number of halogens is 2. The molecule has 5 rings (SSSR count). The average Bonchev–Trinajstić information content (AvgIpc) is 3.23. The molecule has 0 radical (unpaired) electrons. The van der Waals surface area contributed by atoms with Crippen LogP contribution in [0.15, 0.2) is 61.3 Å². The van der Waals surface area contributed by atoms with Crippen LogP contribution >= 0.6 is 0 Å². The highest BCUT2D eigenvalue weighted by Gasteiger charge is 2.21. The second kappa shape index (κ2) is 7.71. The van der Waals surface area contributed by atoms with Crippen molar-refractivity contribution in [3.63, 3.8) is 0 Å². The van der Waals surface area contributed by atoms with Gasteiger partial charge in [0.25, 0.3) is 5.91 Å². The zero-order valence-corrected chi connectivity index (χ0v) is 16.3. The number of aromatic nitrogens is 4. The monoisotopic (exact) mass is 417 g/mol. The van der Waals surface area contributed by atoms with Gasteiger partial charge < -0.3 is 9.88 Å². The quantitative estimate of drug-likeness (QED) is 0.538. The molecule has 8 heteroatoms. The van der Waals surface area contributed by atoms with Gasteiger partial charge in [-0.15, -0.1) is 0 Å². The van der Waals surface area contributed by atoms with Crippen molar-refractivity contribution < 1.29 is 13.6 Å². The fourth-order valence-corrected chi connectivity index (χ4v) is 3.80. The average molecular weight is 417 g/mol. The topological polar surface area (TPSA) is 72.7 Å². The van der Waals surface area contributed by atoms with Crippen LogP contribution in [0.1, 0.15) is 28.0 Å². The molecule has 2 heterocycles. The van der Waals surface area contributed by atoms with Crippen LogP contribution < -0.4 is 5.32 Å². The zero-order valence-electron chi connectivity index (χ0n) is 16.3. The van der Waals surface area contributed by atoms with E-state index in [0.717, 1.165) is 47.6 Å². The third-order valence-electron chi connectivity index (χ3n) is 5.29. The lowest BCUT2D eigenvalue weighted by Crippen LogP contribution is -2.17. The molecule has 0 unspecified atom stereocenters. The molecule has 6 nitrogen and oxygen atoms in total. The number of amides is 1. The van der Waals surface area contributed by atoms with Crippen LogP contribution in [-0.4, -0.2) is 25.4 Å². The van der Waals surface area contributed by atoms with Crippen molar-refractivity contribution in [3.8, 4) is 16.9 Å². The zero-order chi connectivity index (χ0) is 21.4. The Kier molecular flexibility index (Phi) is 4.74. The van der Waals surface area contributed by atoms with Crippen molar-refractivity contribution in [3.05, 3.63) is 89.8 Å².